The van der Waals surface area contributed by atoms with Gasteiger partial charge in [-0.05, 0) is 60.4 Å². The van der Waals surface area contributed by atoms with Crippen LogP contribution in [0.15, 0.2) is 90.2 Å². The molecular weight excluding hydrogens is 505 g/mol. The van der Waals surface area contributed by atoms with Crippen molar-refractivity contribution < 1.29 is 22.3 Å². The second-order valence-corrected chi connectivity index (χ2v) is 11.3. The molecule has 0 N–H and O–H groups in total. The topological polar surface area (TPSA) is 81.5 Å². The summed E-state index contributed by atoms with van der Waals surface area (Å²) in [5.74, 6) is -0.203. The van der Waals surface area contributed by atoms with Crippen LogP contribution < -0.4 is 4.74 Å². The molecule has 0 radical (unpaired) electrons. The van der Waals surface area contributed by atoms with E-state index in [2.05, 4.69) is 4.98 Å². The normalized spacial score (nSPS) is 13.3. The molecule has 1 saturated carbocycles. The van der Waals surface area contributed by atoms with E-state index in [4.69, 9.17) is 4.74 Å². The molecule has 0 bridgehead atoms. The SMILES string of the molecule is COc1ccc(C(=O)N(Cc2cnc(S(=O)(=O)Cc3ccc(F)cc3)n2Cc2ccccc2)C2CC2)cc1. The van der Waals surface area contributed by atoms with Gasteiger partial charge in [0.2, 0.25) is 15.0 Å². The first kappa shape index (κ1) is 25.7. The van der Waals surface area contributed by atoms with Crippen molar-refractivity contribution in [1.29, 1.82) is 0 Å². The van der Waals surface area contributed by atoms with Gasteiger partial charge in [0.15, 0.2) is 0 Å². The molecule has 1 aromatic heterocycles. The van der Waals surface area contributed by atoms with E-state index < -0.39 is 15.7 Å². The van der Waals surface area contributed by atoms with E-state index >= 15 is 0 Å². The van der Waals surface area contributed by atoms with Crippen molar-refractivity contribution in [3.63, 3.8) is 0 Å². The second kappa shape index (κ2) is 10.8. The minimum Gasteiger partial charge on any atom is -0.497 e. The number of methoxy groups -OCH3 is 1. The molecular formula is C29H28FN3O4S. The summed E-state index contributed by atoms with van der Waals surface area (Å²) in [6.07, 6.45) is 3.33. The molecule has 0 saturated heterocycles. The molecule has 3 aromatic carbocycles. The number of nitrogens with zero attached hydrogens (tertiary/aromatic N) is 3. The summed E-state index contributed by atoms with van der Waals surface area (Å²) < 4.78 is 47.2. The Balaban J connectivity index is 1.48. The minimum absolute atomic E-state index is 0.0756. The van der Waals surface area contributed by atoms with Crippen molar-refractivity contribution in [2.45, 2.75) is 42.9 Å². The lowest BCUT2D eigenvalue weighted by atomic mass is 10.1. The van der Waals surface area contributed by atoms with Gasteiger partial charge in [-0.15, -0.1) is 0 Å². The Bertz CT molecular complexity index is 1510. The fraction of sp³-hybridized carbons (Fsp3) is 0.241. The summed E-state index contributed by atoms with van der Waals surface area (Å²) in [7, 11) is -2.29. The van der Waals surface area contributed by atoms with Gasteiger partial charge in [0.05, 0.1) is 37.8 Å². The minimum atomic E-state index is -3.86. The molecule has 196 valence electrons. The van der Waals surface area contributed by atoms with Gasteiger partial charge >= 0.3 is 0 Å². The summed E-state index contributed by atoms with van der Waals surface area (Å²) in [4.78, 5) is 19.6. The second-order valence-electron chi connectivity index (χ2n) is 9.38. The van der Waals surface area contributed by atoms with Crippen LogP contribution in [0.2, 0.25) is 0 Å². The lowest BCUT2D eigenvalue weighted by molar-refractivity contribution is 0.0725. The number of carbonyl (C=O) groups is 1. The lowest BCUT2D eigenvalue weighted by Crippen LogP contribution is -2.33. The molecule has 38 heavy (non-hydrogen) atoms. The molecule has 1 heterocycles. The van der Waals surface area contributed by atoms with Crippen LogP contribution in [-0.2, 0) is 28.7 Å². The fourth-order valence-corrected chi connectivity index (χ4v) is 5.88. The number of rotatable bonds is 10. The number of amides is 1. The molecule has 4 aromatic rings. The summed E-state index contributed by atoms with van der Waals surface area (Å²) >= 11 is 0. The first-order valence-electron chi connectivity index (χ1n) is 12.3. The Hall–Kier alpha value is -3.98. The maximum atomic E-state index is 13.5. The van der Waals surface area contributed by atoms with E-state index in [0.29, 0.717) is 22.6 Å². The number of imidazole rings is 1. The van der Waals surface area contributed by atoms with E-state index in [0.717, 1.165) is 18.4 Å². The summed E-state index contributed by atoms with van der Waals surface area (Å²) in [6, 6.07) is 22.0. The van der Waals surface area contributed by atoms with E-state index in [1.54, 1.807) is 40.8 Å². The summed E-state index contributed by atoms with van der Waals surface area (Å²) in [5.41, 5.74) is 2.54. The van der Waals surface area contributed by atoms with Crippen LogP contribution in [0, 0.1) is 5.82 Å². The predicted molar refractivity (Wildman–Crippen MR) is 141 cm³/mol. The van der Waals surface area contributed by atoms with Crippen LogP contribution in [-0.4, -0.2) is 41.9 Å². The van der Waals surface area contributed by atoms with Gasteiger partial charge in [0, 0.05) is 11.6 Å². The zero-order valence-corrected chi connectivity index (χ0v) is 21.8. The highest BCUT2D eigenvalue weighted by Crippen LogP contribution is 2.31. The highest BCUT2D eigenvalue weighted by atomic mass is 32.2. The number of halogens is 1. The van der Waals surface area contributed by atoms with Crippen molar-refractivity contribution >= 4 is 15.7 Å². The third kappa shape index (κ3) is 5.78. The van der Waals surface area contributed by atoms with E-state index in [1.165, 1.54) is 30.5 Å². The fourth-order valence-electron chi connectivity index (χ4n) is 4.39. The monoisotopic (exact) mass is 533 g/mol. The lowest BCUT2D eigenvalue weighted by Gasteiger charge is -2.24. The third-order valence-electron chi connectivity index (χ3n) is 6.55. The third-order valence-corrected chi connectivity index (χ3v) is 8.15. The maximum absolute atomic E-state index is 13.5. The van der Waals surface area contributed by atoms with Gasteiger partial charge < -0.3 is 14.2 Å². The average molecular weight is 534 g/mol. The molecule has 1 aliphatic carbocycles. The molecule has 1 fully saturated rings. The predicted octanol–water partition coefficient (Wildman–Crippen LogP) is 4.86. The molecule has 0 aliphatic heterocycles. The zero-order valence-electron chi connectivity index (χ0n) is 21.0. The Morgan fingerprint density at radius 2 is 1.68 bits per heavy atom. The number of hydrogen-bond acceptors (Lipinski definition) is 5. The van der Waals surface area contributed by atoms with Crippen molar-refractivity contribution in [2.75, 3.05) is 7.11 Å². The van der Waals surface area contributed by atoms with Crippen molar-refractivity contribution in [3.05, 3.63) is 113 Å². The van der Waals surface area contributed by atoms with E-state index in [-0.39, 0.29) is 35.9 Å². The molecule has 1 amide bonds. The smallest absolute Gasteiger partial charge is 0.254 e. The van der Waals surface area contributed by atoms with Crippen LogP contribution in [0.4, 0.5) is 4.39 Å². The quantitative estimate of drug-likeness (QED) is 0.291. The van der Waals surface area contributed by atoms with Gasteiger partial charge in [0.1, 0.15) is 11.6 Å². The number of sulfone groups is 1. The first-order valence-corrected chi connectivity index (χ1v) is 14.0. The molecule has 0 atom stereocenters. The van der Waals surface area contributed by atoms with Gasteiger partial charge in [0.25, 0.3) is 5.91 Å². The van der Waals surface area contributed by atoms with E-state index in [9.17, 15) is 17.6 Å². The number of carbonyl (C=O) groups excluding carboxylic acids is 1. The molecule has 0 spiro atoms. The summed E-state index contributed by atoms with van der Waals surface area (Å²) in [5, 5.41) is -0.0756. The van der Waals surface area contributed by atoms with Crippen LogP contribution in [0.5, 0.6) is 5.75 Å². The Kier molecular flexibility index (Phi) is 7.28. The molecule has 1 aliphatic rings. The standard InChI is InChI=1S/C29H28FN3O4S/c1-37-27-15-9-23(10-16-27)28(34)32(25-13-14-25)19-26-17-31-29(33(26)18-21-5-3-2-4-6-21)38(35,36)20-22-7-11-24(30)12-8-22/h2-12,15-17,25H,13-14,18-20H2,1H3. The number of hydrogen-bond donors (Lipinski definition) is 0. The van der Waals surface area contributed by atoms with Gasteiger partial charge in [-0.3, -0.25) is 4.79 Å². The first-order chi connectivity index (χ1) is 18.3. The van der Waals surface area contributed by atoms with Gasteiger partial charge in [-0.25, -0.2) is 17.8 Å². The Morgan fingerprint density at radius 1 is 1.00 bits per heavy atom. The number of ether oxygens (including phenoxy) is 1. The van der Waals surface area contributed by atoms with Gasteiger partial charge in [-0.1, -0.05) is 42.5 Å². The molecule has 5 rings (SSSR count). The van der Waals surface area contributed by atoms with Crippen LogP contribution in [0.25, 0.3) is 0 Å². The molecule has 0 unspecified atom stereocenters. The zero-order chi connectivity index (χ0) is 26.7. The highest BCUT2D eigenvalue weighted by Gasteiger charge is 2.34. The molecule has 9 heteroatoms. The Labute approximate surface area is 221 Å². The number of aromatic nitrogens is 2. The van der Waals surface area contributed by atoms with Crippen LogP contribution >= 0.6 is 0 Å². The number of benzene rings is 3. The highest BCUT2D eigenvalue weighted by molar-refractivity contribution is 7.90. The van der Waals surface area contributed by atoms with Crippen LogP contribution in [0.1, 0.15) is 40.0 Å². The maximum Gasteiger partial charge on any atom is 0.254 e. The van der Waals surface area contributed by atoms with Crippen molar-refractivity contribution in [3.8, 4) is 5.75 Å². The van der Waals surface area contributed by atoms with E-state index in [1.807, 2.05) is 30.3 Å². The Morgan fingerprint density at radius 3 is 2.32 bits per heavy atom. The van der Waals surface area contributed by atoms with Crippen LogP contribution in [0.3, 0.4) is 0 Å². The summed E-state index contributed by atoms with van der Waals surface area (Å²) in [6.45, 7) is 0.505. The molecule has 7 nitrogen and oxygen atoms in total. The largest absolute Gasteiger partial charge is 0.497 e. The van der Waals surface area contributed by atoms with Crippen molar-refractivity contribution in [1.82, 2.24) is 14.5 Å². The van der Waals surface area contributed by atoms with Crippen molar-refractivity contribution in [2.24, 2.45) is 0 Å². The van der Waals surface area contributed by atoms with Gasteiger partial charge in [-0.2, -0.15) is 0 Å². The average Bonchev–Trinajstić information content (AvgIpc) is 3.69.